The summed E-state index contributed by atoms with van der Waals surface area (Å²) in [7, 11) is -1.07. The quantitative estimate of drug-likeness (QED) is 0.611. The first kappa shape index (κ1) is 16.9. The van der Waals surface area contributed by atoms with Crippen LogP contribution in [0.1, 0.15) is 18.4 Å². The van der Waals surface area contributed by atoms with Crippen LogP contribution in [0.5, 0.6) is 0 Å². The minimum atomic E-state index is -3.75. The molecule has 8 heteroatoms. The highest BCUT2D eigenvalue weighted by Crippen LogP contribution is 2.22. The van der Waals surface area contributed by atoms with Crippen LogP contribution in [-0.4, -0.2) is 39.4 Å². The number of carbonyl (C=O) groups excluding carboxylic acids is 1. The van der Waals surface area contributed by atoms with E-state index in [1.807, 2.05) is 6.07 Å². The van der Waals surface area contributed by atoms with Gasteiger partial charge in [-0.3, -0.25) is 4.79 Å². The molecule has 0 fully saturated rings. The SMILES string of the molecule is COC(=O)CCCN(C)S(=O)(=O)c1ccc(C#N)cc1N. The predicted octanol–water partition coefficient (Wildman–Crippen LogP) is 0.714. The van der Waals surface area contributed by atoms with Gasteiger partial charge in [0.25, 0.3) is 0 Å². The molecule has 0 aliphatic rings. The van der Waals surface area contributed by atoms with Crippen molar-refractivity contribution >= 4 is 21.7 Å². The van der Waals surface area contributed by atoms with E-state index in [0.29, 0.717) is 12.0 Å². The van der Waals surface area contributed by atoms with E-state index in [9.17, 15) is 13.2 Å². The average molecular weight is 311 g/mol. The molecule has 0 aliphatic carbocycles. The second kappa shape index (κ2) is 7.06. The Kier molecular flexibility index (Phi) is 5.69. The minimum absolute atomic E-state index is 0.0221. The van der Waals surface area contributed by atoms with Crippen LogP contribution in [-0.2, 0) is 19.6 Å². The molecule has 0 bridgehead atoms. The summed E-state index contributed by atoms with van der Waals surface area (Å²) in [5.74, 6) is -0.390. The molecule has 1 aromatic rings. The first-order valence-corrected chi connectivity index (χ1v) is 7.59. The lowest BCUT2D eigenvalue weighted by molar-refractivity contribution is -0.140. The summed E-state index contributed by atoms with van der Waals surface area (Å²) in [6, 6.07) is 5.90. The number of sulfonamides is 1. The Morgan fingerprint density at radius 3 is 2.67 bits per heavy atom. The van der Waals surface area contributed by atoms with Crippen molar-refractivity contribution in [3.63, 3.8) is 0 Å². The fraction of sp³-hybridized carbons (Fsp3) is 0.385. The van der Waals surface area contributed by atoms with Gasteiger partial charge in [0, 0.05) is 20.0 Å². The molecule has 1 rings (SSSR count). The van der Waals surface area contributed by atoms with Crippen LogP contribution in [0, 0.1) is 11.3 Å². The molecule has 21 heavy (non-hydrogen) atoms. The molecule has 0 aromatic heterocycles. The number of nitrogen functional groups attached to an aromatic ring is 1. The lowest BCUT2D eigenvalue weighted by Crippen LogP contribution is -2.29. The summed E-state index contributed by atoms with van der Waals surface area (Å²) in [4.78, 5) is 10.9. The van der Waals surface area contributed by atoms with Gasteiger partial charge in [-0.1, -0.05) is 0 Å². The van der Waals surface area contributed by atoms with Crippen molar-refractivity contribution in [3.05, 3.63) is 23.8 Å². The number of nitrogens with two attached hydrogens (primary N) is 1. The second-order valence-corrected chi connectivity index (χ2v) is 6.38. The van der Waals surface area contributed by atoms with Crippen molar-refractivity contribution < 1.29 is 17.9 Å². The zero-order valence-corrected chi connectivity index (χ0v) is 12.7. The van der Waals surface area contributed by atoms with E-state index >= 15 is 0 Å². The number of rotatable bonds is 6. The van der Waals surface area contributed by atoms with Crippen LogP contribution in [0.3, 0.4) is 0 Å². The number of ether oxygens (including phenoxy) is 1. The Hall–Kier alpha value is -2.11. The van der Waals surface area contributed by atoms with E-state index in [-0.39, 0.29) is 23.5 Å². The van der Waals surface area contributed by atoms with Gasteiger partial charge in [-0.15, -0.1) is 0 Å². The fourth-order valence-corrected chi connectivity index (χ4v) is 2.99. The summed E-state index contributed by atoms with van der Waals surface area (Å²) in [6.07, 6.45) is 0.484. The van der Waals surface area contributed by atoms with Gasteiger partial charge in [0.1, 0.15) is 4.90 Å². The molecule has 0 aliphatic heterocycles. The zero-order valence-electron chi connectivity index (χ0n) is 11.9. The van der Waals surface area contributed by atoms with Crippen LogP contribution >= 0.6 is 0 Å². The van der Waals surface area contributed by atoms with Gasteiger partial charge in [0.2, 0.25) is 10.0 Å². The Morgan fingerprint density at radius 1 is 1.48 bits per heavy atom. The number of nitrogens with zero attached hydrogens (tertiary/aromatic N) is 2. The van der Waals surface area contributed by atoms with Crippen molar-refractivity contribution in [1.29, 1.82) is 5.26 Å². The lowest BCUT2D eigenvalue weighted by atomic mass is 10.2. The molecular weight excluding hydrogens is 294 g/mol. The first-order valence-electron chi connectivity index (χ1n) is 6.15. The van der Waals surface area contributed by atoms with Crippen LogP contribution in [0.4, 0.5) is 5.69 Å². The number of nitriles is 1. The van der Waals surface area contributed by atoms with Crippen molar-refractivity contribution in [3.8, 4) is 6.07 Å². The molecule has 0 spiro atoms. The van der Waals surface area contributed by atoms with Crippen LogP contribution in [0.15, 0.2) is 23.1 Å². The summed E-state index contributed by atoms with van der Waals surface area (Å²) in [5, 5.41) is 8.75. The number of hydrogen-bond acceptors (Lipinski definition) is 6. The van der Waals surface area contributed by atoms with Crippen LogP contribution in [0.25, 0.3) is 0 Å². The van der Waals surface area contributed by atoms with Gasteiger partial charge in [-0.25, -0.2) is 12.7 Å². The fourth-order valence-electron chi connectivity index (χ4n) is 1.69. The van der Waals surface area contributed by atoms with E-state index in [1.54, 1.807) is 0 Å². The second-order valence-electron chi connectivity index (χ2n) is 4.37. The smallest absolute Gasteiger partial charge is 0.305 e. The molecule has 1 aromatic carbocycles. The highest BCUT2D eigenvalue weighted by molar-refractivity contribution is 7.89. The molecule has 0 radical (unpaired) electrons. The van der Waals surface area contributed by atoms with Crippen molar-refractivity contribution in [2.24, 2.45) is 0 Å². The Labute approximate surface area is 124 Å². The van der Waals surface area contributed by atoms with E-state index in [4.69, 9.17) is 11.0 Å². The molecule has 0 atom stereocenters. The molecule has 2 N–H and O–H groups in total. The third-order valence-corrected chi connectivity index (χ3v) is 4.84. The molecule has 0 saturated carbocycles. The maximum absolute atomic E-state index is 12.3. The van der Waals surface area contributed by atoms with Crippen molar-refractivity contribution in [1.82, 2.24) is 4.31 Å². The topological polar surface area (TPSA) is 113 Å². The third kappa shape index (κ3) is 4.18. The molecular formula is C13H17N3O4S. The normalized spacial score (nSPS) is 11.1. The van der Waals surface area contributed by atoms with Crippen molar-refractivity contribution in [2.75, 3.05) is 26.4 Å². The van der Waals surface area contributed by atoms with Gasteiger partial charge in [0.05, 0.1) is 24.4 Å². The number of carbonyl (C=O) groups is 1. The molecule has 0 saturated heterocycles. The van der Waals surface area contributed by atoms with E-state index < -0.39 is 16.0 Å². The number of methoxy groups -OCH3 is 1. The van der Waals surface area contributed by atoms with Gasteiger partial charge in [-0.05, 0) is 24.6 Å². The Balaban J connectivity index is 2.85. The van der Waals surface area contributed by atoms with Crippen LogP contribution < -0.4 is 5.73 Å². The highest BCUT2D eigenvalue weighted by atomic mass is 32.2. The average Bonchev–Trinajstić information content (AvgIpc) is 2.46. The molecule has 7 nitrogen and oxygen atoms in total. The summed E-state index contributed by atoms with van der Waals surface area (Å²) in [6.45, 7) is 0.164. The van der Waals surface area contributed by atoms with Gasteiger partial charge in [-0.2, -0.15) is 5.26 Å². The summed E-state index contributed by atoms with van der Waals surface area (Å²) < 4.78 is 30.3. The Morgan fingerprint density at radius 2 is 2.14 bits per heavy atom. The highest BCUT2D eigenvalue weighted by Gasteiger charge is 2.23. The van der Waals surface area contributed by atoms with E-state index in [1.165, 1.54) is 32.4 Å². The number of esters is 1. The maximum atomic E-state index is 12.3. The number of hydrogen-bond donors (Lipinski definition) is 1. The predicted molar refractivity (Wildman–Crippen MR) is 76.6 cm³/mol. The van der Waals surface area contributed by atoms with Gasteiger partial charge >= 0.3 is 5.97 Å². The molecule has 0 amide bonds. The lowest BCUT2D eigenvalue weighted by Gasteiger charge is -2.18. The third-order valence-electron chi connectivity index (χ3n) is 2.91. The largest absolute Gasteiger partial charge is 0.469 e. The molecule has 0 heterocycles. The molecule has 0 unspecified atom stereocenters. The Bertz CT molecular complexity index is 664. The first-order chi connectivity index (χ1) is 9.82. The number of anilines is 1. The van der Waals surface area contributed by atoms with E-state index in [2.05, 4.69) is 4.74 Å². The molecule has 114 valence electrons. The zero-order chi connectivity index (χ0) is 16.0. The standard InChI is InChI=1S/C13H17N3O4S/c1-16(7-3-4-13(17)20-2)21(18,19)12-6-5-10(9-14)8-11(12)15/h5-6,8H,3-4,7,15H2,1-2H3. The van der Waals surface area contributed by atoms with Crippen LogP contribution in [0.2, 0.25) is 0 Å². The van der Waals surface area contributed by atoms with E-state index in [0.717, 1.165) is 4.31 Å². The number of benzene rings is 1. The monoisotopic (exact) mass is 311 g/mol. The summed E-state index contributed by atoms with van der Waals surface area (Å²) >= 11 is 0. The van der Waals surface area contributed by atoms with Crippen molar-refractivity contribution in [2.45, 2.75) is 17.7 Å². The summed E-state index contributed by atoms with van der Waals surface area (Å²) in [5.41, 5.74) is 6.00. The van der Waals surface area contributed by atoms with Gasteiger partial charge in [0.15, 0.2) is 0 Å². The maximum Gasteiger partial charge on any atom is 0.305 e. The van der Waals surface area contributed by atoms with Gasteiger partial charge < -0.3 is 10.5 Å². The minimum Gasteiger partial charge on any atom is -0.469 e.